The Kier molecular flexibility index (Phi) is 7.29. The number of benzene rings is 3. The third kappa shape index (κ3) is 5.61. The highest BCUT2D eigenvalue weighted by Gasteiger charge is 2.17. The smallest absolute Gasteiger partial charge is 0.258 e. The SMILES string of the molecule is Cn1ccc2ccc(NC(=O)c3cccc([C@@H](CO)NC(=O)c4ccc(-c5ccncc5)cc4)c3)cc2c1=O. The van der Waals surface area contributed by atoms with Crippen molar-refractivity contribution >= 4 is 28.3 Å². The molecule has 2 heterocycles. The Labute approximate surface area is 224 Å². The van der Waals surface area contributed by atoms with E-state index in [1.165, 1.54) is 4.57 Å². The Balaban J connectivity index is 1.30. The molecule has 2 amide bonds. The lowest BCUT2D eigenvalue weighted by atomic mass is 10.0. The van der Waals surface area contributed by atoms with Gasteiger partial charge in [0, 0.05) is 47.8 Å². The summed E-state index contributed by atoms with van der Waals surface area (Å²) >= 11 is 0. The molecule has 8 nitrogen and oxygen atoms in total. The van der Waals surface area contributed by atoms with Crippen LogP contribution in [0.3, 0.4) is 0 Å². The zero-order valence-corrected chi connectivity index (χ0v) is 21.2. The molecule has 0 aliphatic heterocycles. The lowest BCUT2D eigenvalue weighted by molar-refractivity contribution is 0.0916. The van der Waals surface area contributed by atoms with Gasteiger partial charge in [-0.2, -0.15) is 0 Å². The molecule has 0 aliphatic carbocycles. The summed E-state index contributed by atoms with van der Waals surface area (Å²) in [5.41, 5.74) is 3.66. The number of rotatable bonds is 7. The Bertz CT molecular complexity index is 1710. The molecule has 3 aromatic carbocycles. The molecule has 0 saturated heterocycles. The van der Waals surface area contributed by atoms with Crippen molar-refractivity contribution in [1.82, 2.24) is 14.9 Å². The van der Waals surface area contributed by atoms with Crippen molar-refractivity contribution in [1.29, 1.82) is 0 Å². The van der Waals surface area contributed by atoms with E-state index in [0.29, 0.717) is 27.8 Å². The molecule has 0 fully saturated rings. The number of aliphatic hydroxyl groups excluding tert-OH is 1. The van der Waals surface area contributed by atoms with Gasteiger partial charge in [0.15, 0.2) is 0 Å². The molecule has 2 aromatic heterocycles. The van der Waals surface area contributed by atoms with Crippen molar-refractivity contribution in [2.45, 2.75) is 6.04 Å². The number of anilines is 1. The second kappa shape index (κ2) is 11.1. The minimum Gasteiger partial charge on any atom is -0.394 e. The molecule has 194 valence electrons. The topological polar surface area (TPSA) is 113 Å². The van der Waals surface area contributed by atoms with E-state index in [0.717, 1.165) is 16.5 Å². The maximum atomic E-state index is 13.0. The fraction of sp³-hybridized carbons (Fsp3) is 0.0968. The second-order valence-electron chi connectivity index (χ2n) is 9.14. The fourth-order valence-electron chi connectivity index (χ4n) is 4.35. The van der Waals surface area contributed by atoms with Gasteiger partial charge < -0.3 is 20.3 Å². The zero-order valence-electron chi connectivity index (χ0n) is 21.2. The van der Waals surface area contributed by atoms with Gasteiger partial charge in [0.25, 0.3) is 17.4 Å². The van der Waals surface area contributed by atoms with Crippen molar-refractivity contribution in [2.24, 2.45) is 7.05 Å². The molecule has 3 N–H and O–H groups in total. The number of carbonyl (C=O) groups is 2. The highest BCUT2D eigenvalue weighted by molar-refractivity contribution is 6.05. The van der Waals surface area contributed by atoms with Gasteiger partial charge in [-0.25, -0.2) is 0 Å². The molecule has 0 aliphatic rings. The van der Waals surface area contributed by atoms with Gasteiger partial charge >= 0.3 is 0 Å². The molecule has 0 spiro atoms. The first-order valence-corrected chi connectivity index (χ1v) is 12.4. The van der Waals surface area contributed by atoms with Crippen LogP contribution in [0.5, 0.6) is 0 Å². The Morgan fingerprint density at radius 2 is 1.62 bits per heavy atom. The van der Waals surface area contributed by atoms with Crippen LogP contribution in [-0.2, 0) is 7.05 Å². The number of nitrogens with one attached hydrogen (secondary N) is 2. The number of nitrogens with zero attached hydrogens (tertiary/aromatic N) is 2. The number of aliphatic hydroxyl groups is 1. The monoisotopic (exact) mass is 518 g/mol. The van der Waals surface area contributed by atoms with Gasteiger partial charge in [0.2, 0.25) is 0 Å². The van der Waals surface area contributed by atoms with Crippen LogP contribution in [0.25, 0.3) is 21.9 Å². The molecular weight excluding hydrogens is 492 g/mol. The van der Waals surface area contributed by atoms with Crippen molar-refractivity contribution in [3.8, 4) is 11.1 Å². The largest absolute Gasteiger partial charge is 0.394 e. The lowest BCUT2D eigenvalue weighted by Crippen LogP contribution is -2.31. The summed E-state index contributed by atoms with van der Waals surface area (Å²) in [5, 5.41) is 17.0. The third-order valence-corrected chi connectivity index (χ3v) is 6.54. The van der Waals surface area contributed by atoms with Crippen LogP contribution in [-0.4, -0.2) is 33.1 Å². The van der Waals surface area contributed by atoms with E-state index < -0.39 is 6.04 Å². The van der Waals surface area contributed by atoms with Crippen LogP contribution < -0.4 is 16.2 Å². The highest BCUT2D eigenvalue weighted by atomic mass is 16.3. The van der Waals surface area contributed by atoms with Crippen molar-refractivity contribution < 1.29 is 14.7 Å². The van der Waals surface area contributed by atoms with Crippen LogP contribution in [0.15, 0.2) is 108 Å². The molecule has 0 bridgehead atoms. The van der Waals surface area contributed by atoms with Crippen molar-refractivity contribution in [3.63, 3.8) is 0 Å². The van der Waals surface area contributed by atoms with Gasteiger partial charge in [-0.05, 0) is 76.7 Å². The number of hydrogen-bond acceptors (Lipinski definition) is 5. The van der Waals surface area contributed by atoms with Crippen LogP contribution in [0.1, 0.15) is 32.3 Å². The molecule has 5 aromatic rings. The van der Waals surface area contributed by atoms with Gasteiger partial charge in [-0.3, -0.25) is 19.4 Å². The first-order chi connectivity index (χ1) is 18.9. The third-order valence-electron chi connectivity index (χ3n) is 6.54. The summed E-state index contributed by atoms with van der Waals surface area (Å²) in [6.45, 7) is -0.347. The van der Waals surface area contributed by atoms with Crippen LogP contribution in [0.2, 0.25) is 0 Å². The van der Waals surface area contributed by atoms with Crippen LogP contribution in [0.4, 0.5) is 5.69 Å². The van der Waals surface area contributed by atoms with E-state index in [-0.39, 0.29) is 24.0 Å². The van der Waals surface area contributed by atoms with Gasteiger partial charge in [-0.15, -0.1) is 0 Å². The number of amides is 2. The molecule has 0 unspecified atom stereocenters. The summed E-state index contributed by atoms with van der Waals surface area (Å²) in [4.78, 5) is 42.4. The van der Waals surface area contributed by atoms with Crippen LogP contribution >= 0.6 is 0 Å². The van der Waals surface area contributed by atoms with Gasteiger partial charge in [0.1, 0.15) is 0 Å². The molecule has 0 saturated carbocycles. The normalized spacial score (nSPS) is 11.6. The van der Waals surface area contributed by atoms with Crippen molar-refractivity contribution in [3.05, 3.63) is 131 Å². The molecule has 0 radical (unpaired) electrons. The number of hydrogen-bond donors (Lipinski definition) is 3. The molecule has 5 rings (SSSR count). The van der Waals surface area contributed by atoms with Crippen molar-refractivity contribution in [2.75, 3.05) is 11.9 Å². The number of fused-ring (bicyclic) bond motifs is 1. The van der Waals surface area contributed by atoms with Gasteiger partial charge in [0.05, 0.1) is 12.6 Å². The number of aryl methyl sites for hydroxylation is 1. The van der Waals surface area contributed by atoms with E-state index in [4.69, 9.17) is 0 Å². The quantitative estimate of drug-likeness (QED) is 0.297. The van der Waals surface area contributed by atoms with E-state index >= 15 is 0 Å². The highest BCUT2D eigenvalue weighted by Crippen LogP contribution is 2.21. The average Bonchev–Trinajstić information content (AvgIpc) is 2.98. The molecule has 8 heteroatoms. The predicted octanol–water partition coefficient (Wildman–Crippen LogP) is 4.32. The zero-order chi connectivity index (χ0) is 27.4. The molecule has 1 atom stereocenters. The molecule has 39 heavy (non-hydrogen) atoms. The van der Waals surface area contributed by atoms with E-state index in [1.807, 2.05) is 30.3 Å². The molecular formula is C31H26N4O4. The Morgan fingerprint density at radius 3 is 2.36 bits per heavy atom. The predicted molar refractivity (Wildman–Crippen MR) is 151 cm³/mol. The van der Waals surface area contributed by atoms with E-state index in [1.54, 1.807) is 80.2 Å². The first-order valence-electron chi connectivity index (χ1n) is 12.4. The Morgan fingerprint density at radius 1 is 0.872 bits per heavy atom. The lowest BCUT2D eigenvalue weighted by Gasteiger charge is -2.18. The summed E-state index contributed by atoms with van der Waals surface area (Å²) in [6.07, 6.45) is 5.11. The standard InChI is InChI=1S/C31H26N4O4/c1-35-16-13-22-9-10-26(18-27(22)31(35)39)33-30(38)25-4-2-3-24(17-25)28(19-36)34-29(37)23-7-5-20(6-8-23)21-11-14-32-15-12-21/h2-18,28,36H,19H2,1H3,(H,33,38)(H,34,37)/t28-/m1/s1. The maximum absolute atomic E-state index is 13.0. The fourth-order valence-corrected chi connectivity index (χ4v) is 4.35. The maximum Gasteiger partial charge on any atom is 0.258 e. The van der Waals surface area contributed by atoms with E-state index in [9.17, 15) is 19.5 Å². The van der Waals surface area contributed by atoms with Crippen LogP contribution in [0, 0.1) is 0 Å². The second-order valence-corrected chi connectivity index (χ2v) is 9.14. The summed E-state index contributed by atoms with van der Waals surface area (Å²) in [5.74, 6) is -0.721. The average molecular weight is 519 g/mol. The summed E-state index contributed by atoms with van der Waals surface area (Å²) in [6, 6.07) is 23.9. The minimum absolute atomic E-state index is 0.154. The number of pyridine rings is 2. The first kappa shape index (κ1) is 25.6. The Hall–Kier alpha value is -5.08. The summed E-state index contributed by atoms with van der Waals surface area (Å²) < 4.78 is 1.48. The summed E-state index contributed by atoms with van der Waals surface area (Å²) in [7, 11) is 1.67. The number of carbonyl (C=O) groups excluding carboxylic acids is 2. The van der Waals surface area contributed by atoms with E-state index in [2.05, 4.69) is 15.6 Å². The minimum atomic E-state index is -0.714. The number of aromatic nitrogens is 2. The van der Waals surface area contributed by atoms with Gasteiger partial charge in [-0.1, -0.05) is 30.3 Å².